The van der Waals surface area contributed by atoms with Crippen LogP contribution in [0.5, 0.6) is 0 Å². The molecule has 1 rings (SSSR count). The second-order valence-corrected chi connectivity index (χ2v) is 3.33. The van der Waals surface area contributed by atoms with Gasteiger partial charge in [-0.1, -0.05) is 23.8 Å². The molecule has 0 saturated heterocycles. The Hall–Kier alpha value is -1.15. The molecule has 2 nitrogen and oxygen atoms in total. The molecule has 1 atom stereocenters. The Morgan fingerprint density at radius 1 is 1.50 bits per heavy atom. The number of carbonyl (C=O) groups excluding carboxylic acids is 1. The summed E-state index contributed by atoms with van der Waals surface area (Å²) in [7, 11) is 0. The summed E-state index contributed by atoms with van der Waals surface area (Å²) in [6, 6.07) is 7.58. The summed E-state index contributed by atoms with van der Waals surface area (Å²) < 4.78 is 5.25. The highest BCUT2D eigenvalue weighted by molar-refractivity contribution is 5.99. The van der Waals surface area contributed by atoms with E-state index in [-0.39, 0.29) is 11.9 Å². The molecule has 0 fully saturated rings. The first-order valence-corrected chi connectivity index (χ1v) is 4.87. The second kappa shape index (κ2) is 4.91. The van der Waals surface area contributed by atoms with Crippen molar-refractivity contribution in [2.24, 2.45) is 0 Å². The van der Waals surface area contributed by atoms with Crippen molar-refractivity contribution < 1.29 is 9.53 Å². The molecule has 1 aromatic rings. The van der Waals surface area contributed by atoms with Crippen LogP contribution in [0.2, 0.25) is 0 Å². The molecule has 0 saturated carbocycles. The second-order valence-electron chi connectivity index (χ2n) is 3.33. The van der Waals surface area contributed by atoms with Crippen LogP contribution in [-0.4, -0.2) is 18.5 Å². The highest BCUT2D eigenvalue weighted by Crippen LogP contribution is 2.08. The molecule has 0 spiro atoms. The Morgan fingerprint density at radius 3 is 2.79 bits per heavy atom. The quantitative estimate of drug-likeness (QED) is 0.685. The first-order chi connectivity index (χ1) is 6.65. The van der Waals surface area contributed by atoms with Crippen molar-refractivity contribution >= 4 is 5.78 Å². The van der Waals surface area contributed by atoms with Crippen molar-refractivity contribution in [1.29, 1.82) is 0 Å². The molecule has 1 unspecified atom stereocenters. The Bertz CT molecular complexity index is 318. The predicted octanol–water partition coefficient (Wildman–Crippen LogP) is 2.60. The maximum absolute atomic E-state index is 11.8. The van der Waals surface area contributed by atoms with E-state index in [1.54, 1.807) is 6.92 Å². The zero-order chi connectivity index (χ0) is 10.6. The number of aryl methyl sites for hydroxylation is 1. The summed E-state index contributed by atoms with van der Waals surface area (Å²) in [4.78, 5) is 11.8. The van der Waals surface area contributed by atoms with Crippen LogP contribution in [0.1, 0.15) is 29.8 Å². The van der Waals surface area contributed by atoms with E-state index in [1.807, 2.05) is 38.1 Å². The molecular formula is C12H16O2. The monoisotopic (exact) mass is 192 g/mol. The van der Waals surface area contributed by atoms with Crippen molar-refractivity contribution in [3.63, 3.8) is 0 Å². The van der Waals surface area contributed by atoms with Gasteiger partial charge in [0.1, 0.15) is 6.10 Å². The molecule has 0 aliphatic rings. The van der Waals surface area contributed by atoms with E-state index in [0.29, 0.717) is 6.61 Å². The van der Waals surface area contributed by atoms with Crippen molar-refractivity contribution in [3.8, 4) is 0 Å². The van der Waals surface area contributed by atoms with Crippen LogP contribution in [-0.2, 0) is 4.74 Å². The SMILES string of the molecule is CCOC(C)C(=O)c1cccc(C)c1. The number of ether oxygens (including phenoxy) is 1. The standard InChI is InChI=1S/C12H16O2/c1-4-14-10(3)12(13)11-7-5-6-9(2)8-11/h5-8,10H,4H2,1-3H3. The molecule has 0 aliphatic heterocycles. The molecule has 76 valence electrons. The normalized spacial score (nSPS) is 12.5. The molecule has 0 aliphatic carbocycles. The van der Waals surface area contributed by atoms with E-state index in [4.69, 9.17) is 4.74 Å². The average Bonchev–Trinajstić information content (AvgIpc) is 2.17. The lowest BCUT2D eigenvalue weighted by Gasteiger charge is -2.10. The number of hydrogen-bond donors (Lipinski definition) is 0. The first kappa shape index (κ1) is 10.9. The Morgan fingerprint density at radius 2 is 2.21 bits per heavy atom. The van der Waals surface area contributed by atoms with Gasteiger partial charge in [0.15, 0.2) is 5.78 Å². The van der Waals surface area contributed by atoms with Crippen LogP contribution in [0, 0.1) is 6.92 Å². The fourth-order valence-corrected chi connectivity index (χ4v) is 1.36. The Kier molecular flexibility index (Phi) is 3.84. The molecule has 0 aromatic heterocycles. The molecular weight excluding hydrogens is 176 g/mol. The van der Waals surface area contributed by atoms with Crippen LogP contribution in [0.15, 0.2) is 24.3 Å². The summed E-state index contributed by atoms with van der Waals surface area (Å²) in [5.41, 5.74) is 1.82. The number of Topliss-reactive ketones (excluding diaryl/α,β-unsaturated/α-hetero) is 1. The van der Waals surface area contributed by atoms with E-state index >= 15 is 0 Å². The van der Waals surface area contributed by atoms with E-state index in [9.17, 15) is 4.79 Å². The van der Waals surface area contributed by atoms with Crippen molar-refractivity contribution in [2.75, 3.05) is 6.61 Å². The van der Waals surface area contributed by atoms with Gasteiger partial charge in [-0.15, -0.1) is 0 Å². The molecule has 2 heteroatoms. The van der Waals surface area contributed by atoms with Gasteiger partial charge in [-0.2, -0.15) is 0 Å². The van der Waals surface area contributed by atoms with Crippen LogP contribution in [0.25, 0.3) is 0 Å². The van der Waals surface area contributed by atoms with Gasteiger partial charge in [0.25, 0.3) is 0 Å². The van der Waals surface area contributed by atoms with Gasteiger partial charge in [0.05, 0.1) is 0 Å². The summed E-state index contributed by atoms with van der Waals surface area (Å²) in [6.45, 7) is 6.22. The summed E-state index contributed by atoms with van der Waals surface area (Å²) in [6.07, 6.45) is -0.346. The van der Waals surface area contributed by atoms with Gasteiger partial charge in [0.2, 0.25) is 0 Å². The molecule has 0 N–H and O–H groups in total. The van der Waals surface area contributed by atoms with Crippen molar-refractivity contribution in [3.05, 3.63) is 35.4 Å². The van der Waals surface area contributed by atoms with Gasteiger partial charge in [0, 0.05) is 12.2 Å². The number of benzene rings is 1. The number of hydrogen-bond acceptors (Lipinski definition) is 2. The van der Waals surface area contributed by atoms with Gasteiger partial charge in [-0.25, -0.2) is 0 Å². The largest absolute Gasteiger partial charge is 0.371 e. The van der Waals surface area contributed by atoms with Crippen LogP contribution >= 0.6 is 0 Å². The van der Waals surface area contributed by atoms with Crippen LogP contribution in [0.4, 0.5) is 0 Å². The summed E-state index contributed by atoms with van der Waals surface area (Å²) in [5, 5.41) is 0. The zero-order valence-electron chi connectivity index (χ0n) is 8.91. The van der Waals surface area contributed by atoms with Gasteiger partial charge >= 0.3 is 0 Å². The fourth-order valence-electron chi connectivity index (χ4n) is 1.36. The summed E-state index contributed by atoms with van der Waals surface area (Å²) >= 11 is 0. The third-order valence-corrected chi connectivity index (χ3v) is 2.09. The minimum Gasteiger partial charge on any atom is -0.371 e. The lowest BCUT2D eigenvalue weighted by atomic mass is 10.1. The number of rotatable bonds is 4. The smallest absolute Gasteiger partial charge is 0.191 e. The van der Waals surface area contributed by atoms with E-state index in [1.165, 1.54) is 0 Å². The average molecular weight is 192 g/mol. The third-order valence-electron chi connectivity index (χ3n) is 2.09. The van der Waals surface area contributed by atoms with E-state index in [2.05, 4.69) is 0 Å². The molecule has 0 heterocycles. The van der Waals surface area contributed by atoms with E-state index in [0.717, 1.165) is 11.1 Å². The number of ketones is 1. The van der Waals surface area contributed by atoms with Crippen LogP contribution < -0.4 is 0 Å². The Balaban J connectivity index is 2.78. The van der Waals surface area contributed by atoms with Crippen molar-refractivity contribution in [1.82, 2.24) is 0 Å². The van der Waals surface area contributed by atoms with E-state index < -0.39 is 0 Å². The lowest BCUT2D eigenvalue weighted by molar-refractivity contribution is 0.0520. The summed E-state index contributed by atoms with van der Waals surface area (Å²) in [5.74, 6) is 0.0514. The fraction of sp³-hybridized carbons (Fsp3) is 0.417. The van der Waals surface area contributed by atoms with Gasteiger partial charge < -0.3 is 4.74 Å². The Labute approximate surface area is 84.9 Å². The molecule has 0 radical (unpaired) electrons. The minimum absolute atomic E-state index is 0.0514. The van der Waals surface area contributed by atoms with Crippen molar-refractivity contribution in [2.45, 2.75) is 26.9 Å². The minimum atomic E-state index is -0.346. The molecule has 1 aromatic carbocycles. The predicted molar refractivity (Wildman–Crippen MR) is 56.6 cm³/mol. The lowest BCUT2D eigenvalue weighted by Crippen LogP contribution is -2.20. The van der Waals surface area contributed by atoms with Crippen LogP contribution in [0.3, 0.4) is 0 Å². The first-order valence-electron chi connectivity index (χ1n) is 4.87. The van der Waals surface area contributed by atoms with Gasteiger partial charge in [-0.05, 0) is 26.8 Å². The highest BCUT2D eigenvalue weighted by Gasteiger charge is 2.14. The maximum atomic E-state index is 11.8. The molecule has 14 heavy (non-hydrogen) atoms. The highest BCUT2D eigenvalue weighted by atomic mass is 16.5. The molecule has 0 amide bonds. The maximum Gasteiger partial charge on any atom is 0.191 e. The number of carbonyl (C=O) groups is 1. The third kappa shape index (κ3) is 2.67. The zero-order valence-corrected chi connectivity index (χ0v) is 8.91. The van der Waals surface area contributed by atoms with Gasteiger partial charge in [-0.3, -0.25) is 4.79 Å². The topological polar surface area (TPSA) is 26.3 Å². The molecule has 0 bridgehead atoms.